The summed E-state index contributed by atoms with van der Waals surface area (Å²) in [6.45, 7) is 5.55. The predicted octanol–water partition coefficient (Wildman–Crippen LogP) is 5.51. The van der Waals surface area contributed by atoms with Gasteiger partial charge in [0.2, 0.25) is 10.0 Å². The number of sulfonamides is 1. The minimum atomic E-state index is -3.92. The van der Waals surface area contributed by atoms with Crippen LogP contribution in [0.2, 0.25) is 0 Å². The molecule has 4 rings (SSSR count). The monoisotopic (exact) mass is 592 g/mol. The molecule has 38 heavy (non-hydrogen) atoms. The van der Waals surface area contributed by atoms with Crippen molar-refractivity contribution in [1.82, 2.24) is 14.3 Å². The highest BCUT2D eigenvalue weighted by Crippen LogP contribution is 2.23. The lowest BCUT2D eigenvalue weighted by Gasteiger charge is -2.21. The molecule has 3 aromatic carbocycles. The summed E-state index contributed by atoms with van der Waals surface area (Å²) in [4.78, 5) is 13.0. The van der Waals surface area contributed by atoms with Crippen LogP contribution < -0.4 is 5.43 Å². The molecule has 9 heteroatoms. The zero-order valence-electron chi connectivity index (χ0n) is 21.4. The molecule has 1 heterocycles. The van der Waals surface area contributed by atoms with Crippen molar-refractivity contribution in [2.24, 2.45) is 5.10 Å². The van der Waals surface area contributed by atoms with E-state index in [2.05, 4.69) is 31.0 Å². The summed E-state index contributed by atoms with van der Waals surface area (Å²) < 4.78 is 31.1. The van der Waals surface area contributed by atoms with E-state index in [-0.39, 0.29) is 18.0 Å². The molecule has 1 aromatic heterocycles. The van der Waals surface area contributed by atoms with Crippen LogP contribution in [0, 0.1) is 20.8 Å². The van der Waals surface area contributed by atoms with Gasteiger partial charge in [-0.2, -0.15) is 9.41 Å². The van der Waals surface area contributed by atoms with Crippen molar-refractivity contribution in [3.05, 3.63) is 117 Å². The summed E-state index contributed by atoms with van der Waals surface area (Å²) >= 11 is 3.51. The molecule has 0 spiro atoms. The number of hydrogen-bond acceptors (Lipinski definition) is 4. The third-order valence-corrected chi connectivity index (χ3v) is 8.41. The van der Waals surface area contributed by atoms with Gasteiger partial charge in [0.25, 0.3) is 5.91 Å². The molecule has 0 saturated heterocycles. The van der Waals surface area contributed by atoms with Crippen LogP contribution in [0.3, 0.4) is 0 Å². The first-order chi connectivity index (χ1) is 18.1. The number of hydrazone groups is 1. The molecule has 0 saturated carbocycles. The van der Waals surface area contributed by atoms with Gasteiger partial charge in [0.1, 0.15) is 0 Å². The van der Waals surface area contributed by atoms with Gasteiger partial charge >= 0.3 is 0 Å². The van der Waals surface area contributed by atoms with E-state index < -0.39 is 15.9 Å². The van der Waals surface area contributed by atoms with Gasteiger partial charge in [-0.05, 0) is 62.7 Å². The Morgan fingerprint density at radius 3 is 2.37 bits per heavy atom. The lowest BCUT2D eigenvalue weighted by molar-refractivity contribution is -0.121. The maximum Gasteiger partial charge on any atom is 0.255 e. The molecule has 196 valence electrons. The van der Waals surface area contributed by atoms with Gasteiger partial charge < -0.3 is 4.57 Å². The fraction of sp³-hybridized carbons (Fsp3) is 0.172. The number of benzene rings is 3. The standard InChI is InChI=1S/C29H29BrN4O3S/c1-21-12-14-28(15-13-21)38(36,37)33(19-24-8-5-4-6-9-24)20-29(35)32-31-18-25-16-22(2)34(23(25)3)27-11-7-10-26(30)17-27/h4-18H,19-20H2,1-3H3,(H,32,35)/b31-18+. The zero-order valence-corrected chi connectivity index (χ0v) is 23.8. The minimum Gasteiger partial charge on any atom is -0.318 e. The second kappa shape index (κ2) is 11.9. The van der Waals surface area contributed by atoms with Gasteiger partial charge in [-0.1, -0.05) is 70.0 Å². The van der Waals surface area contributed by atoms with Crippen molar-refractivity contribution in [1.29, 1.82) is 0 Å². The third-order valence-electron chi connectivity index (χ3n) is 6.11. The number of rotatable bonds is 9. The van der Waals surface area contributed by atoms with Crippen LogP contribution in [-0.4, -0.2) is 36.0 Å². The predicted molar refractivity (Wildman–Crippen MR) is 154 cm³/mol. The Labute approximate surface area is 232 Å². The van der Waals surface area contributed by atoms with Crippen molar-refractivity contribution in [3.8, 4) is 5.69 Å². The molecular weight excluding hydrogens is 564 g/mol. The smallest absolute Gasteiger partial charge is 0.255 e. The zero-order chi connectivity index (χ0) is 27.3. The summed E-state index contributed by atoms with van der Waals surface area (Å²) in [7, 11) is -3.92. The van der Waals surface area contributed by atoms with E-state index in [4.69, 9.17) is 0 Å². The highest BCUT2D eigenvalue weighted by molar-refractivity contribution is 9.10. The number of amides is 1. The van der Waals surface area contributed by atoms with E-state index in [0.29, 0.717) is 0 Å². The maximum absolute atomic E-state index is 13.4. The highest BCUT2D eigenvalue weighted by Gasteiger charge is 2.27. The van der Waals surface area contributed by atoms with Gasteiger partial charge in [0.15, 0.2) is 0 Å². The van der Waals surface area contributed by atoms with E-state index in [9.17, 15) is 13.2 Å². The number of nitrogens with zero attached hydrogens (tertiary/aromatic N) is 3. The van der Waals surface area contributed by atoms with Crippen molar-refractivity contribution in [2.45, 2.75) is 32.2 Å². The van der Waals surface area contributed by atoms with E-state index in [1.54, 1.807) is 30.5 Å². The van der Waals surface area contributed by atoms with Crippen molar-refractivity contribution < 1.29 is 13.2 Å². The molecule has 7 nitrogen and oxygen atoms in total. The minimum absolute atomic E-state index is 0.0575. The Hall–Kier alpha value is -3.53. The fourth-order valence-electron chi connectivity index (χ4n) is 4.17. The maximum atomic E-state index is 13.4. The highest BCUT2D eigenvalue weighted by atomic mass is 79.9. The molecule has 0 fully saturated rings. The molecule has 4 aromatic rings. The van der Waals surface area contributed by atoms with Crippen LogP contribution in [-0.2, 0) is 21.4 Å². The molecular formula is C29H29BrN4O3S. The van der Waals surface area contributed by atoms with Crippen LogP contribution >= 0.6 is 15.9 Å². The summed E-state index contributed by atoms with van der Waals surface area (Å²) in [6, 6.07) is 25.7. The topological polar surface area (TPSA) is 83.8 Å². The Kier molecular flexibility index (Phi) is 8.61. The number of aryl methyl sites for hydroxylation is 2. The Bertz CT molecular complexity index is 1560. The first kappa shape index (κ1) is 27.5. The number of halogens is 1. The first-order valence-corrected chi connectivity index (χ1v) is 14.3. The van der Waals surface area contributed by atoms with Crippen molar-refractivity contribution in [3.63, 3.8) is 0 Å². The van der Waals surface area contributed by atoms with Gasteiger partial charge in [0, 0.05) is 33.7 Å². The number of nitrogens with one attached hydrogen (secondary N) is 1. The summed E-state index contributed by atoms with van der Waals surface area (Å²) in [5.41, 5.74) is 8.06. The van der Waals surface area contributed by atoms with E-state index in [0.717, 1.165) is 42.5 Å². The number of carbonyl (C=O) groups excluding carboxylic acids is 1. The summed E-state index contributed by atoms with van der Waals surface area (Å²) in [6.07, 6.45) is 1.57. The molecule has 1 amide bonds. The van der Waals surface area contributed by atoms with Crippen molar-refractivity contribution >= 4 is 38.1 Å². The normalized spacial score (nSPS) is 11.8. The first-order valence-electron chi connectivity index (χ1n) is 12.0. The van der Waals surface area contributed by atoms with Crippen LogP contribution in [0.4, 0.5) is 0 Å². The number of aromatic nitrogens is 1. The van der Waals surface area contributed by atoms with Gasteiger partial charge in [-0.15, -0.1) is 0 Å². The Balaban J connectivity index is 1.51. The number of hydrogen-bond donors (Lipinski definition) is 1. The molecule has 0 aliphatic carbocycles. The molecule has 0 aliphatic rings. The van der Waals surface area contributed by atoms with E-state index in [1.807, 2.05) is 81.4 Å². The number of carbonyl (C=O) groups is 1. The van der Waals surface area contributed by atoms with Gasteiger partial charge in [0.05, 0.1) is 17.7 Å². The quantitative estimate of drug-likeness (QED) is 0.205. The summed E-state index contributed by atoms with van der Waals surface area (Å²) in [5.74, 6) is -0.534. The van der Waals surface area contributed by atoms with E-state index in [1.165, 1.54) is 0 Å². The van der Waals surface area contributed by atoms with Gasteiger partial charge in [-0.3, -0.25) is 4.79 Å². The van der Waals surface area contributed by atoms with Crippen LogP contribution in [0.25, 0.3) is 5.69 Å². The second-order valence-corrected chi connectivity index (χ2v) is 11.9. The lowest BCUT2D eigenvalue weighted by Crippen LogP contribution is -2.39. The average molecular weight is 594 g/mol. The Morgan fingerprint density at radius 1 is 0.974 bits per heavy atom. The molecule has 1 N–H and O–H groups in total. The fourth-order valence-corrected chi connectivity index (χ4v) is 5.94. The van der Waals surface area contributed by atoms with Crippen LogP contribution in [0.5, 0.6) is 0 Å². The largest absolute Gasteiger partial charge is 0.318 e. The molecule has 0 aliphatic heterocycles. The van der Waals surface area contributed by atoms with Crippen molar-refractivity contribution in [2.75, 3.05) is 6.54 Å². The molecule has 0 atom stereocenters. The van der Waals surface area contributed by atoms with Gasteiger partial charge in [-0.25, -0.2) is 13.8 Å². The second-order valence-electron chi connectivity index (χ2n) is 9.01. The summed E-state index contributed by atoms with van der Waals surface area (Å²) in [5, 5.41) is 4.13. The molecule has 0 unspecified atom stereocenters. The Morgan fingerprint density at radius 2 is 1.68 bits per heavy atom. The molecule has 0 bridgehead atoms. The van der Waals surface area contributed by atoms with Crippen LogP contribution in [0.15, 0.2) is 99.4 Å². The SMILES string of the molecule is Cc1ccc(S(=O)(=O)N(CC(=O)N/N=C/c2cc(C)n(-c3cccc(Br)c3)c2C)Cc2ccccc2)cc1. The molecule has 0 radical (unpaired) electrons. The lowest BCUT2D eigenvalue weighted by atomic mass is 10.2. The van der Waals surface area contributed by atoms with Crippen LogP contribution in [0.1, 0.15) is 28.1 Å². The average Bonchev–Trinajstić information content (AvgIpc) is 3.17. The third kappa shape index (κ3) is 6.48. The van der Waals surface area contributed by atoms with E-state index >= 15 is 0 Å².